The Morgan fingerprint density at radius 2 is 1.93 bits per heavy atom. The lowest BCUT2D eigenvalue weighted by Crippen LogP contribution is -2.23. The maximum absolute atomic E-state index is 11.9. The lowest BCUT2D eigenvalue weighted by molar-refractivity contribution is -0.171. The van der Waals surface area contributed by atoms with Gasteiger partial charge in [0.1, 0.15) is 0 Å². The average Bonchev–Trinajstić information content (AvgIpc) is 2.16. The Balaban J connectivity index is 2.15. The van der Waals surface area contributed by atoms with Gasteiger partial charge in [-0.15, -0.1) is 0 Å². The Hall–Kier alpha value is -0.710. The Labute approximate surface area is 87.4 Å². The lowest BCUT2D eigenvalue weighted by atomic mass is 9.84. The molecule has 0 aromatic carbocycles. The van der Waals surface area contributed by atoms with E-state index in [1.807, 2.05) is 0 Å². The number of carbonyl (C=O) groups is 1. The molecule has 1 N–H and O–H groups in total. The molecule has 1 aliphatic rings. The van der Waals surface area contributed by atoms with Crippen molar-refractivity contribution in [3.63, 3.8) is 0 Å². The van der Waals surface area contributed by atoms with Crippen LogP contribution in [0.1, 0.15) is 38.5 Å². The summed E-state index contributed by atoms with van der Waals surface area (Å²) in [5, 5.41) is 8.49. The van der Waals surface area contributed by atoms with E-state index in [1.54, 1.807) is 0 Å². The topological polar surface area (TPSA) is 46.5 Å². The predicted molar refractivity (Wildman–Crippen MR) is 49.7 cm³/mol. The van der Waals surface area contributed by atoms with E-state index < -0.39 is 12.6 Å². The number of hydrogen-bond acceptors (Lipinski definition) is 2. The average molecular weight is 222 g/mol. The first-order chi connectivity index (χ1) is 7.08. The smallest absolute Gasteiger partial charge is 0.345 e. The predicted octanol–water partition coefficient (Wildman–Crippen LogP) is 2.65. The molecule has 0 aromatic rings. The molecule has 0 unspecified atom stereocenters. The Bertz CT molecular complexity index is 201. The van der Waals surface area contributed by atoms with Crippen molar-refractivity contribution in [2.75, 3.05) is 0 Å². The summed E-state index contributed by atoms with van der Waals surface area (Å²) in [6.45, 7) is -2.69. The van der Waals surface area contributed by atoms with Crippen LogP contribution in [-0.4, -0.2) is 23.8 Å². The van der Waals surface area contributed by atoms with Gasteiger partial charge in [0, 0.05) is 6.42 Å². The molecule has 0 atom stereocenters. The Kier molecular flexibility index (Phi) is 4.94. The van der Waals surface area contributed by atoms with Crippen LogP contribution >= 0.6 is 0 Å². The van der Waals surface area contributed by atoms with Crippen molar-refractivity contribution in [1.82, 2.24) is 0 Å². The van der Waals surface area contributed by atoms with E-state index >= 15 is 0 Å². The van der Waals surface area contributed by atoms with E-state index in [1.165, 1.54) is 0 Å². The molecular formula is C10H16F2O3. The number of aliphatic carboxylic acids is 1. The van der Waals surface area contributed by atoms with Gasteiger partial charge in [-0.25, -0.2) is 0 Å². The van der Waals surface area contributed by atoms with Crippen LogP contribution in [0.25, 0.3) is 0 Å². The van der Waals surface area contributed by atoms with E-state index in [9.17, 15) is 13.6 Å². The number of carboxylic acids is 1. The first-order valence-electron chi connectivity index (χ1n) is 5.23. The van der Waals surface area contributed by atoms with Crippen molar-refractivity contribution in [2.24, 2.45) is 5.92 Å². The zero-order valence-corrected chi connectivity index (χ0v) is 8.49. The summed E-state index contributed by atoms with van der Waals surface area (Å²) in [4.78, 5) is 10.3. The zero-order valence-electron chi connectivity index (χ0n) is 8.49. The molecule has 5 heteroatoms. The molecule has 0 radical (unpaired) electrons. The van der Waals surface area contributed by atoms with Crippen molar-refractivity contribution in [3.05, 3.63) is 0 Å². The van der Waals surface area contributed by atoms with Crippen LogP contribution in [0.5, 0.6) is 0 Å². The molecule has 1 fully saturated rings. The number of rotatable bonds is 5. The monoisotopic (exact) mass is 222 g/mol. The highest BCUT2D eigenvalue weighted by Gasteiger charge is 2.24. The molecule has 0 bridgehead atoms. The van der Waals surface area contributed by atoms with Crippen LogP contribution < -0.4 is 0 Å². The highest BCUT2D eigenvalue weighted by Crippen LogP contribution is 2.30. The van der Waals surface area contributed by atoms with Crippen LogP contribution in [0.15, 0.2) is 0 Å². The number of hydrogen-bond donors (Lipinski definition) is 1. The van der Waals surface area contributed by atoms with Crippen LogP contribution in [0.4, 0.5) is 8.78 Å². The molecule has 0 aromatic heterocycles. The fraction of sp³-hybridized carbons (Fsp3) is 0.900. The van der Waals surface area contributed by atoms with Gasteiger partial charge in [-0.1, -0.05) is 0 Å². The lowest BCUT2D eigenvalue weighted by Gasteiger charge is -2.27. The van der Waals surface area contributed by atoms with Crippen LogP contribution in [-0.2, 0) is 9.53 Å². The maximum atomic E-state index is 11.9. The second-order valence-electron chi connectivity index (χ2n) is 3.97. The number of ether oxygens (including phenoxy) is 1. The Morgan fingerprint density at radius 3 is 2.40 bits per heavy atom. The fourth-order valence-corrected chi connectivity index (χ4v) is 2.03. The molecule has 0 amide bonds. The van der Waals surface area contributed by atoms with E-state index in [-0.39, 0.29) is 12.5 Å². The second kappa shape index (κ2) is 6.00. The van der Waals surface area contributed by atoms with Gasteiger partial charge in [-0.2, -0.15) is 8.78 Å². The third-order valence-electron chi connectivity index (χ3n) is 2.86. The highest BCUT2D eigenvalue weighted by atomic mass is 19.3. The molecule has 0 spiro atoms. The first kappa shape index (κ1) is 12.4. The first-order valence-corrected chi connectivity index (χ1v) is 5.23. The van der Waals surface area contributed by atoms with Crippen molar-refractivity contribution in [3.8, 4) is 0 Å². The van der Waals surface area contributed by atoms with Crippen molar-refractivity contribution in [1.29, 1.82) is 0 Å². The number of halogens is 2. The minimum atomic E-state index is -2.69. The third kappa shape index (κ3) is 5.06. The Morgan fingerprint density at radius 1 is 1.33 bits per heavy atom. The van der Waals surface area contributed by atoms with Gasteiger partial charge in [0.2, 0.25) is 0 Å². The summed E-state index contributed by atoms with van der Waals surface area (Å²) in [6.07, 6.45) is 3.31. The van der Waals surface area contributed by atoms with Crippen LogP contribution in [0.3, 0.4) is 0 Å². The molecular weight excluding hydrogens is 206 g/mol. The molecule has 0 saturated heterocycles. The minimum Gasteiger partial charge on any atom is -0.481 e. The van der Waals surface area contributed by atoms with E-state index in [2.05, 4.69) is 4.74 Å². The second-order valence-corrected chi connectivity index (χ2v) is 3.97. The van der Waals surface area contributed by atoms with E-state index in [0.717, 1.165) is 12.8 Å². The van der Waals surface area contributed by atoms with Crippen molar-refractivity contribution >= 4 is 5.97 Å². The van der Waals surface area contributed by atoms with Crippen LogP contribution in [0, 0.1) is 5.92 Å². The highest BCUT2D eigenvalue weighted by molar-refractivity contribution is 5.66. The number of carboxylic acid groups (broad SMARTS) is 1. The van der Waals surface area contributed by atoms with E-state index in [4.69, 9.17) is 5.11 Å². The molecule has 88 valence electrons. The van der Waals surface area contributed by atoms with Gasteiger partial charge < -0.3 is 9.84 Å². The zero-order chi connectivity index (χ0) is 11.3. The summed E-state index contributed by atoms with van der Waals surface area (Å²) in [5.41, 5.74) is 0. The summed E-state index contributed by atoms with van der Waals surface area (Å²) in [6, 6.07) is 0. The third-order valence-corrected chi connectivity index (χ3v) is 2.86. The van der Waals surface area contributed by atoms with Gasteiger partial charge >= 0.3 is 12.6 Å². The standard InChI is InChI=1S/C10H16F2O3/c11-10(12)15-8-4-1-7(2-5-8)3-6-9(13)14/h7-8,10H,1-6H2,(H,13,14). The van der Waals surface area contributed by atoms with Gasteiger partial charge in [-0.05, 0) is 38.0 Å². The molecule has 1 aliphatic carbocycles. The molecule has 0 aliphatic heterocycles. The molecule has 1 saturated carbocycles. The largest absolute Gasteiger partial charge is 0.481 e. The molecule has 0 heterocycles. The van der Waals surface area contributed by atoms with Gasteiger partial charge in [-0.3, -0.25) is 4.79 Å². The molecule has 15 heavy (non-hydrogen) atoms. The maximum Gasteiger partial charge on any atom is 0.345 e. The van der Waals surface area contributed by atoms with Crippen LogP contribution in [0.2, 0.25) is 0 Å². The SMILES string of the molecule is O=C(O)CCC1CCC(OC(F)F)CC1. The summed E-state index contributed by atoms with van der Waals surface area (Å²) < 4.78 is 28.2. The quantitative estimate of drug-likeness (QED) is 0.777. The van der Waals surface area contributed by atoms with E-state index in [0.29, 0.717) is 25.2 Å². The van der Waals surface area contributed by atoms with Gasteiger partial charge in [0.25, 0.3) is 0 Å². The fourth-order valence-electron chi connectivity index (χ4n) is 2.03. The normalized spacial score (nSPS) is 26.9. The van der Waals surface area contributed by atoms with Crippen molar-refractivity contribution in [2.45, 2.75) is 51.2 Å². The number of alkyl halides is 2. The summed E-state index contributed by atoms with van der Waals surface area (Å²) in [7, 11) is 0. The van der Waals surface area contributed by atoms with Gasteiger partial charge in [0.15, 0.2) is 0 Å². The summed E-state index contributed by atoms with van der Waals surface area (Å²) in [5.74, 6) is -0.431. The molecule has 3 nitrogen and oxygen atoms in total. The summed E-state index contributed by atoms with van der Waals surface area (Å²) >= 11 is 0. The van der Waals surface area contributed by atoms with Crippen molar-refractivity contribution < 1.29 is 23.4 Å². The minimum absolute atomic E-state index is 0.172. The van der Waals surface area contributed by atoms with Gasteiger partial charge in [0.05, 0.1) is 6.10 Å². The molecule has 1 rings (SSSR count).